The average Bonchev–Trinajstić information content (AvgIpc) is 2.85. The van der Waals surface area contributed by atoms with Gasteiger partial charge in [-0.25, -0.2) is 5.43 Å². The van der Waals surface area contributed by atoms with Gasteiger partial charge in [-0.3, -0.25) is 4.79 Å². The van der Waals surface area contributed by atoms with Gasteiger partial charge in [-0.2, -0.15) is 5.10 Å². The van der Waals surface area contributed by atoms with Crippen LogP contribution in [-0.2, 0) is 4.79 Å². The zero-order valence-corrected chi connectivity index (χ0v) is 13.0. The molecule has 0 bridgehead atoms. The highest BCUT2D eigenvalue weighted by atomic mass is 32.2. The molecule has 2 rings (SSSR count). The van der Waals surface area contributed by atoms with E-state index in [1.807, 2.05) is 55.6 Å². The van der Waals surface area contributed by atoms with Crippen LogP contribution in [0.5, 0.6) is 0 Å². The Kier molecular flexibility index (Phi) is 5.38. The number of thiophene rings is 1. The zero-order valence-electron chi connectivity index (χ0n) is 11.4. The number of thioether (sulfide) groups is 1. The van der Waals surface area contributed by atoms with Crippen molar-refractivity contribution in [1.29, 1.82) is 0 Å². The lowest BCUT2D eigenvalue weighted by atomic mass is 10.3. The highest BCUT2D eigenvalue weighted by Gasteiger charge is 2.13. The minimum Gasteiger partial charge on any atom is -0.272 e. The normalized spacial score (nSPS) is 12.5. The lowest BCUT2D eigenvalue weighted by Gasteiger charge is -2.08. The monoisotopic (exact) mass is 304 g/mol. The van der Waals surface area contributed by atoms with E-state index >= 15 is 0 Å². The van der Waals surface area contributed by atoms with E-state index in [-0.39, 0.29) is 11.2 Å². The van der Waals surface area contributed by atoms with Gasteiger partial charge in [0.05, 0.1) is 11.5 Å². The second-order valence-corrected chi connectivity index (χ2v) is 6.64. The number of hydrogen-bond donors (Lipinski definition) is 1. The van der Waals surface area contributed by atoms with Crippen molar-refractivity contribution in [3.63, 3.8) is 0 Å². The van der Waals surface area contributed by atoms with Gasteiger partial charge in [0, 0.05) is 9.77 Å². The number of amides is 1. The Morgan fingerprint density at radius 2 is 2.10 bits per heavy atom. The summed E-state index contributed by atoms with van der Waals surface area (Å²) in [5, 5.41) is 5.83. The van der Waals surface area contributed by atoms with E-state index in [1.165, 1.54) is 17.3 Å². The van der Waals surface area contributed by atoms with Gasteiger partial charge in [0.15, 0.2) is 0 Å². The van der Waals surface area contributed by atoms with Crippen LogP contribution in [0.1, 0.15) is 17.4 Å². The maximum atomic E-state index is 11.9. The maximum absolute atomic E-state index is 11.9. The van der Waals surface area contributed by atoms with Gasteiger partial charge in [-0.15, -0.1) is 23.1 Å². The first-order valence-electron chi connectivity index (χ1n) is 6.25. The van der Waals surface area contributed by atoms with Gasteiger partial charge >= 0.3 is 0 Å². The van der Waals surface area contributed by atoms with Crippen molar-refractivity contribution < 1.29 is 4.79 Å². The van der Waals surface area contributed by atoms with E-state index in [0.717, 1.165) is 9.77 Å². The van der Waals surface area contributed by atoms with Crippen LogP contribution < -0.4 is 5.43 Å². The summed E-state index contributed by atoms with van der Waals surface area (Å²) in [6, 6.07) is 11.9. The molecule has 1 N–H and O–H groups in total. The second kappa shape index (κ2) is 7.26. The van der Waals surface area contributed by atoms with E-state index in [2.05, 4.69) is 10.5 Å². The van der Waals surface area contributed by atoms with Crippen LogP contribution in [0.15, 0.2) is 51.8 Å². The van der Waals surface area contributed by atoms with Gasteiger partial charge in [0.25, 0.3) is 5.91 Å². The summed E-state index contributed by atoms with van der Waals surface area (Å²) in [6.45, 7) is 3.90. The number of hydrogen-bond acceptors (Lipinski definition) is 4. The number of benzene rings is 1. The van der Waals surface area contributed by atoms with Gasteiger partial charge in [-0.1, -0.05) is 18.2 Å². The molecule has 1 unspecified atom stereocenters. The highest BCUT2D eigenvalue weighted by molar-refractivity contribution is 8.00. The Morgan fingerprint density at radius 3 is 2.75 bits per heavy atom. The second-order valence-electron chi connectivity index (χ2n) is 4.28. The Morgan fingerprint density at radius 1 is 1.35 bits per heavy atom. The number of nitrogens with one attached hydrogen (secondary N) is 1. The average molecular weight is 304 g/mol. The summed E-state index contributed by atoms with van der Waals surface area (Å²) in [5.74, 6) is -0.0932. The first kappa shape index (κ1) is 14.8. The van der Waals surface area contributed by atoms with Crippen molar-refractivity contribution in [2.75, 3.05) is 0 Å². The fourth-order valence-electron chi connectivity index (χ4n) is 1.52. The quantitative estimate of drug-likeness (QED) is 0.520. The summed E-state index contributed by atoms with van der Waals surface area (Å²) in [7, 11) is 0. The molecule has 2 aromatic rings. The predicted molar refractivity (Wildman–Crippen MR) is 86.6 cm³/mol. The van der Waals surface area contributed by atoms with E-state index in [9.17, 15) is 4.79 Å². The molecule has 1 amide bonds. The Balaban J connectivity index is 1.85. The van der Waals surface area contributed by atoms with Crippen LogP contribution in [0.2, 0.25) is 0 Å². The fraction of sp³-hybridized carbons (Fsp3) is 0.200. The summed E-state index contributed by atoms with van der Waals surface area (Å²) in [5.41, 5.74) is 3.75. The van der Waals surface area contributed by atoms with Crippen LogP contribution >= 0.6 is 23.1 Å². The molecule has 1 atom stereocenters. The highest BCUT2D eigenvalue weighted by Crippen LogP contribution is 2.22. The Labute approximate surface area is 127 Å². The van der Waals surface area contributed by atoms with Crippen molar-refractivity contribution in [2.45, 2.75) is 24.0 Å². The fourth-order valence-corrected chi connectivity index (χ4v) is 3.19. The molecule has 1 aromatic carbocycles. The van der Waals surface area contributed by atoms with Gasteiger partial charge in [0.2, 0.25) is 0 Å². The van der Waals surface area contributed by atoms with Gasteiger partial charge < -0.3 is 0 Å². The summed E-state index contributed by atoms with van der Waals surface area (Å²) in [4.78, 5) is 14.1. The van der Waals surface area contributed by atoms with E-state index in [1.54, 1.807) is 17.6 Å². The SMILES string of the molecule is Cc1ccsc1/C=N/NC(=O)C(C)Sc1ccccc1. The van der Waals surface area contributed by atoms with Crippen molar-refractivity contribution in [3.8, 4) is 0 Å². The zero-order chi connectivity index (χ0) is 14.4. The number of carbonyl (C=O) groups is 1. The molecule has 0 fully saturated rings. The number of rotatable bonds is 5. The standard InChI is InChI=1S/C15H16N2OS2/c1-11-8-9-19-14(11)10-16-17-15(18)12(2)20-13-6-4-3-5-7-13/h3-10,12H,1-2H3,(H,17,18)/b16-10+. The van der Waals surface area contributed by atoms with E-state index in [4.69, 9.17) is 0 Å². The number of hydrazone groups is 1. The molecule has 20 heavy (non-hydrogen) atoms. The molecule has 0 spiro atoms. The Bertz CT molecular complexity index is 593. The Hall–Kier alpha value is -1.59. The molecule has 1 heterocycles. The number of nitrogens with zero attached hydrogens (tertiary/aromatic N) is 1. The number of carbonyl (C=O) groups excluding carboxylic acids is 1. The van der Waals surface area contributed by atoms with Crippen molar-refractivity contribution in [2.24, 2.45) is 5.10 Å². The van der Waals surface area contributed by atoms with Crippen LogP contribution in [0.3, 0.4) is 0 Å². The third kappa shape index (κ3) is 4.21. The third-order valence-corrected chi connectivity index (χ3v) is 4.75. The van der Waals surface area contributed by atoms with E-state index in [0.29, 0.717) is 0 Å². The topological polar surface area (TPSA) is 41.5 Å². The molecule has 0 aliphatic carbocycles. The van der Waals surface area contributed by atoms with Crippen molar-refractivity contribution in [3.05, 3.63) is 52.2 Å². The lowest BCUT2D eigenvalue weighted by Crippen LogP contribution is -2.26. The smallest absolute Gasteiger partial charge is 0.253 e. The summed E-state index contributed by atoms with van der Waals surface area (Å²) in [6.07, 6.45) is 1.69. The number of aryl methyl sites for hydroxylation is 1. The molecule has 0 aliphatic heterocycles. The lowest BCUT2D eigenvalue weighted by molar-refractivity contribution is -0.120. The van der Waals surface area contributed by atoms with Crippen LogP contribution in [-0.4, -0.2) is 17.4 Å². The van der Waals surface area contributed by atoms with Gasteiger partial charge in [0.1, 0.15) is 0 Å². The van der Waals surface area contributed by atoms with Crippen LogP contribution in [0.25, 0.3) is 0 Å². The van der Waals surface area contributed by atoms with Crippen molar-refractivity contribution >= 4 is 35.2 Å². The molecule has 104 valence electrons. The maximum Gasteiger partial charge on any atom is 0.253 e. The summed E-state index contributed by atoms with van der Waals surface area (Å²) < 4.78 is 0. The van der Waals surface area contributed by atoms with E-state index < -0.39 is 0 Å². The van der Waals surface area contributed by atoms with Gasteiger partial charge in [-0.05, 0) is 43.0 Å². The third-order valence-electron chi connectivity index (χ3n) is 2.68. The molecule has 0 aliphatic rings. The molecular weight excluding hydrogens is 288 g/mol. The largest absolute Gasteiger partial charge is 0.272 e. The molecule has 0 saturated carbocycles. The first-order chi connectivity index (χ1) is 9.66. The minimum atomic E-state index is -0.181. The minimum absolute atomic E-state index is 0.0932. The first-order valence-corrected chi connectivity index (χ1v) is 8.01. The molecule has 0 radical (unpaired) electrons. The van der Waals surface area contributed by atoms with Crippen LogP contribution in [0, 0.1) is 6.92 Å². The summed E-state index contributed by atoms with van der Waals surface area (Å²) >= 11 is 3.13. The molecule has 5 heteroatoms. The van der Waals surface area contributed by atoms with Crippen LogP contribution in [0.4, 0.5) is 0 Å². The molecule has 1 aromatic heterocycles. The molecular formula is C15H16N2OS2. The predicted octanol–water partition coefficient (Wildman–Crippen LogP) is 3.69. The molecule has 0 saturated heterocycles. The van der Waals surface area contributed by atoms with Crippen molar-refractivity contribution in [1.82, 2.24) is 5.43 Å². The molecule has 3 nitrogen and oxygen atoms in total.